The second-order valence-corrected chi connectivity index (χ2v) is 7.09. The normalized spacial score (nSPS) is 20.6. The Hall–Kier alpha value is -1.05. The lowest BCUT2D eigenvalue weighted by Gasteiger charge is -2.17. The van der Waals surface area contributed by atoms with E-state index in [0.29, 0.717) is 11.3 Å². The smallest absolute Gasteiger partial charge is 0.307 e. The van der Waals surface area contributed by atoms with Gasteiger partial charge in [0.1, 0.15) is 0 Å². The van der Waals surface area contributed by atoms with Crippen molar-refractivity contribution in [3.05, 3.63) is 24.3 Å². The molecule has 104 valence electrons. The summed E-state index contributed by atoms with van der Waals surface area (Å²) in [5.41, 5.74) is 0. The summed E-state index contributed by atoms with van der Waals surface area (Å²) in [4.78, 5) is 11.8. The summed E-state index contributed by atoms with van der Waals surface area (Å²) in [6.07, 6.45) is 2.19. The molecule has 0 spiro atoms. The molecule has 7 heteroatoms. The number of benzene rings is 1. The first-order valence-corrected chi connectivity index (χ1v) is 8.49. The van der Waals surface area contributed by atoms with E-state index in [-0.39, 0.29) is 18.0 Å². The lowest BCUT2D eigenvalue weighted by atomic mass is 10.1. The second-order valence-electron chi connectivity index (χ2n) is 4.34. The molecule has 1 atom stereocenters. The van der Waals surface area contributed by atoms with Crippen LogP contribution in [0.4, 0.5) is 0 Å². The Morgan fingerprint density at radius 2 is 2.11 bits per heavy atom. The fraction of sp³-hybridized carbons (Fsp3) is 0.417. The van der Waals surface area contributed by atoms with E-state index in [0.717, 1.165) is 0 Å². The molecular weight excluding hydrogens is 286 g/mol. The highest BCUT2D eigenvalue weighted by Crippen LogP contribution is 2.30. The van der Waals surface area contributed by atoms with Crippen LogP contribution >= 0.6 is 11.8 Å². The van der Waals surface area contributed by atoms with Crippen LogP contribution in [0, 0.1) is 5.92 Å². The van der Waals surface area contributed by atoms with Crippen molar-refractivity contribution in [1.29, 1.82) is 0 Å². The van der Waals surface area contributed by atoms with Gasteiger partial charge in [-0.25, -0.2) is 8.42 Å². The predicted molar refractivity (Wildman–Crippen MR) is 72.7 cm³/mol. The number of hydrogen-bond donors (Lipinski definition) is 1. The molecular formula is C12H15NO4S2. The van der Waals surface area contributed by atoms with Gasteiger partial charge in [0.2, 0.25) is 10.0 Å². The van der Waals surface area contributed by atoms with E-state index in [1.54, 1.807) is 24.3 Å². The van der Waals surface area contributed by atoms with Crippen molar-refractivity contribution in [3.63, 3.8) is 0 Å². The molecule has 0 saturated carbocycles. The largest absolute Gasteiger partial charge is 0.481 e. The molecule has 1 N–H and O–H groups in total. The molecule has 1 aliphatic rings. The average molecular weight is 301 g/mol. The lowest BCUT2D eigenvalue weighted by Crippen LogP contribution is -2.30. The highest BCUT2D eigenvalue weighted by atomic mass is 32.2. The van der Waals surface area contributed by atoms with Crippen LogP contribution in [0.25, 0.3) is 0 Å². The van der Waals surface area contributed by atoms with E-state index >= 15 is 0 Å². The van der Waals surface area contributed by atoms with Crippen molar-refractivity contribution in [2.45, 2.75) is 16.2 Å². The molecule has 0 bridgehead atoms. The highest BCUT2D eigenvalue weighted by Gasteiger charge is 2.36. The number of rotatable bonds is 4. The number of sulfonamides is 1. The van der Waals surface area contributed by atoms with Crippen molar-refractivity contribution >= 4 is 27.8 Å². The van der Waals surface area contributed by atoms with Crippen LogP contribution in [0.3, 0.4) is 0 Å². The number of hydrogen-bond acceptors (Lipinski definition) is 4. The minimum atomic E-state index is -3.60. The summed E-state index contributed by atoms with van der Waals surface area (Å²) in [5, 5.41) is 8.94. The Kier molecular flexibility index (Phi) is 4.17. The fourth-order valence-corrected chi connectivity index (χ4v) is 4.74. The summed E-state index contributed by atoms with van der Waals surface area (Å²) in [7, 11) is -3.60. The Morgan fingerprint density at radius 3 is 2.68 bits per heavy atom. The third kappa shape index (κ3) is 2.77. The van der Waals surface area contributed by atoms with Crippen LogP contribution in [-0.2, 0) is 14.8 Å². The van der Waals surface area contributed by atoms with Gasteiger partial charge >= 0.3 is 5.97 Å². The molecule has 0 aromatic heterocycles. The number of nitrogens with zero attached hydrogens (tertiary/aromatic N) is 1. The molecule has 1 fully saturated rings. The maximum atomic E-state index is 12.5. The third-order valence-electron chi connectivity index (χ3n) is 3.19. The van der Waals surface area contributed by atoms with Gasteiger partial charge in [0.05, 0.1) is 10.8 Å². The second kappa shape index (κ2) is 5.52. The minimum Gasteiger partial charge on any atom is -0.481 e. The first-order chi connectivity index (χ1) is 8.96. The van der Waals surface area contributed by atoms with E-state index in [1.807, 2.05) is 6.26 Å². The monoisotopic (exact) mass is 301 g/mol. The molecule has 1 aliphatic heterocycles. The number of aliphatic carboxylic acids is 1. The Morgan fingerprint density at radius 1 is 1.42 bits per heavy atom. The maximum Gasteiger partial charge on any atom is 0.307 e. The number of carboxylic acids is 1. The molecule has 2 rings (SSSR count). The fourth-order valence-electron chi connectivity index (χ4n) is 2.12. The van der Waals surface area contributed by atoms with Crippen LogP contribution in [0.1, 0.15) is 6.42 Å². The zero-order valence-corrected chi connectivity index (χ0v) is 12.1. The van der Waals surface area contributed by atoms with E-state index in [1.165, 1.54) is 16.1 Å². The molecule has 1 aromatic rings. The zero-order chi connectivity index (χ0) is 14.0. The number of thioether (sulfide) groups is 1. The van der Waals surface area contributed by atoms with Gasteiger partial charge in [-0.15, -0.1) is 11.8 Å². The SMILES string of the molecule is CSc1ccccc1S(=O)(=O)N1CCC(C(=O)O)C1. The topological polar surface area (TPSA) is 74.7 Å². The van der Waals surface area contributed by atoms with Gasteiger partial charge in [-0.1, -0.05) is 12.1 Å². The van der Waals surface area contributed by atoms with Crippen LogP contribution < -0.4 is 0 Å². The molecule has 0 amide bonds. The van der Waals surface area contributed by atoms with E-state index in [2.05, 4.69) is 0 Å². The van der Waals surface area contributed by atoms with Crippen LogP contribution in [0.5, 0.6) is 0 Å². The first-order valence-electron chi connectivity index (χ1n) is 5.83. The molecule has 1 saturated heterocycles. The summed E-state index contributed by atoms with van der Waals surface area (Å²) < 4.78 is 26.3. The molecule has 1 unspecified atom stereocenters. The van der Waals surface area contributed by atoms with Crippen molar-refractivity contribution in [3.8, 4) is 0 Å². The standard InChI is InChI=1S/C12H15NO4S2/c1-18-10-4-2-3-5-11(10)19(16,17)13-7-6-9(8-13)12(14)15/h2-5,9H,6-8H2,1H3,(H,14,15). The van der Waals surface area contributed by atoms with E-state index in [4.69, 9.17) is 5.11 Å². The molecule has 0 radical (unpaired) electrons. The van der Waals surface area contributed by atoms with E-state index < -0.39 is 21.9 Å². The van der Waals surface area contributed by atoms with Gasteiger partial charge in [-0.2, -0.15) is 4.31 Å². The van der Waals surface area contributed by atoms with Crippen LogP contribution in [0.2, 0.25) is 0 Å². The van der Waals surface area contributed by atoms with Gasteiger partial charge in [0.15, 0.2) is 0 Å². The Balaban J connectivity index is 2.31. The van der Waals surface area contributed by atoms with Crippen molar-refractivity contribution in [2.75, 3.05) is 19.3 Å². The lowest BCUT2D eigenvalue weighted by molar-refractivity contribution is -0.141. The van der Waals surface area contributed by atoms with Crippen molar-refractivity contribution in [1.82, 2.24) is 4.31 Å². The summed E-state index contributed by atoms with van der Waals surface area (Å²) >= 11 is 1.37. The average Bonchev–Trinajstić information content (AvgIpc) is 2.89. The zero-order valence-electron chi connectivity index (χ0n) is 10.4. The van der Waals surface area contributed by atoms with E-state index in [9.17, 15) is 13.2 Å². The number of carboxylic acid groups (broad SMARTS) is 1. The molecule has 5 nitrogen and oxygen atoms in total. The van der Waals surface area contributed by atoms with Gasteiger partial charge in [-0.3, -0.25) is 4.79 Å². The summed E-state index contributed by atoms with van der Waals surface area (Å²) in [6.45, 7) is 0.322. The predicted octanol–water partition coefficient (Wildman–Crippen LogP) is 1.50. The van der Waals surface area contributed by atoms with Gasteiger partial charge in [-0.05, 0) is 24.8 Å². The molecule has 1 aromatic carbocycles. The third-order valence-corrected chi connectivity index (χ3v) is 6.04. The first kappa shape index (κ1) is 14.4. The Labute approximate surface area is 116 Å². The molecule has 19 heavy (non-hydrogen) atoms. The van der Waals surface area contributed by atoms with Gasteiger partial charge in [0, 0.05) is 18.0 Å². The molecule has 0 aliphatic carbocycles. The maximum absolute atomic E-state index is 12.5. The minimum absolute atomic E-state index is 0.0559. The molecule has 1 heterocycles. The van der Waals surface area contributed by atoms with Gasteiger partial charge in [0.25, 0.3) is 0 Å². The summed E-state index contributed by atoms with van der Waals surface area (Å²) in [5.74, 6) is -1.54. The van der Waals surface area contributed by atoms with Gasteiger partial charge < -0.3 is 5.11 Å². The van der Waals surface area contributed by atoms with Crippen molar-refractivity contribution in [2.24, 2.45) is 5.92 Å². The van der Waals surface area contributed by atoms with Crippen LogP contribution in [-0.4, -0.2) is 43.1 Å². The quantitative estimate of drug-likeness (QED) is 0.853. The summed E-state index contributed by atoms with van der Waals surface area (Å²) in [6, 6.07) is 6.78. The van der Waals surface area contributed by atoms with Crippen LogP contribution in [0.15, 0.2) is 34.1 Å². The Bertz CT molecular complexity index is 585. The highest BCUT2D eigenvalue weighted by molar-refractivity contribution is 7.99. The van der Waals surface area contributed by atoms with Crippen molar-refractivity contribution < 1.29 is 18.3 Å². The number of carbonyl (C=O) groups is 1.